The fourth-order valence-electron chi connectivity index (χ4n) is 2.71. The smallest absolute Gasteiger partial charge is 0.240 e. The van der Waals surface area contributed by atoms with Crippen molar-refractivity contribution in [3.8, 4) is 17.6 Å². The molecular formula is C20H19N3O4. The first-order valence-corrected chi connectivity index (χ1v) is 8.37. The molecule has 0 aromatic heterocycles. The van der Waals surface area contributed by atoms with Crippen LogP contribution in [0.2, 0.25) is 0 Å². The summed E-state index contributed by atoms with van der Waals surface area (Å²) in [4.78, 5) is 25.5. The van der Waals surface area contributed by atoms with E-state index in [2.05, 4.69) is 10.6 Å². The van der Waals surface area contributed by atoms with Gasteiger partial charge in [-0.1, -0.05) is 0 Å². The maximum absolute atomic E-state index is 12.8. The molecule has 1 saturated carbocycles. The lowest BCUT2D eigenvalue weighted by atomic mass is 10.0. The van der Waals surface area contributed by atoms with Crippen LogP contribution in [0, 0.1) is 16.7 Å². The van der Waals surface area contributed by atoms with Crippen LogP contribution in [0.5, 0.6) is 11.5 Å². The lowest BCUT2D eigenvalue weighted by Gasteiger charge is -2.17. The van der Waals surface area contributed by atoms with E-state index in [1.165, 1.54) is 14.2 Å². The Balaban J connectivity index is 1.74. The van der Waals surface area contributed by atoms with Crippen LogP contribution in [-0.4, -0.2) is 26.0 Å². The van der Waals surface area contributed by atoms with Crippen molar-refractivity contribution >= 4 is 23.2 Å². The van der Waals surface area contributed by atoms with Crippen molar-refractivity contribution in [1.82, 2.24) is 0 Å². The molecule has 1 aliphatic rings. The second-order valence-corrected chi connectivity index (χ2v) is 6.25. The number of hydrogen-bond acceptors (Lipinski definition) is 5. The van der Waals surface area contributed by atoms with Crippen LogP contribution in [0.1, 0.15) is 18.4 Å². The third-order valence-corrected chi connectivity index (χ3v) is 4.55. The fourth-order valence-corrected chi connectivity index (χ4v) is 2.71. The number of nitrogens with one attached hydrogen (secondary N) is 2. The summed E-state index contributed by atoms with van der Waals surface area (Å²) in [6.45, 7) is 0. The third-order valence-electron chi connectivity index (χ3n) is 4.55. The van der Waals surface area contributed by atoms with Crippen LogP contribution >= 0.6 is 0 Å². The molecule has 0 aliphatic heterocycles. The molecule has 1 aliphatic carbocycles. The SMILES string of the molecule is COc1ccc(OC)c(NC(=O)C2(C(=O)Nc3ccc(C#N)cc3)CC2)c1. The molecule has 138 valence electrons. The number of benzene rings is 2. The highest BCUT2D eigenvalue weighted by molar-refractivity contribution is 6.17. The molecule has 0 heterocycles. The Bertz CT molecular complexity index is 912. The van der Waals surface area contributed by atoms with Gasteiger partial charge in [-0.25, -0.2) is 0 Å². The largest absolute Gasteiger partial charge is 0.497 e. The second kappa shape index (κ2) is 7.38. The van der Waals surface area contributed by atoms with Crippen LogP contribution in [0.3, 0.4) is 0 Å². The zero-order chi connectivity index (χ0) is 19.4. The number of amides is 2. The lowest BCUT2D eigenvalue weighted by molar-refractivity contribution is -0.131. The van der Waals surface area contributed by atoms with Gasteiger partial charge in [0.2, 0.25) is 11.8 Å². The van der Waals surface area contributed by atoms with Crippen molar-refractivity contribution in [1.29, 1.82) is 5.26 Å². The average Bonchev–Trinajstić information content (AvgIpc) is 3.50. The standard InChI is InChI=1S/C20H19N3O4/c1-26-15-7-8-17(27-2)16(11-15)23-19(25)20(9-10-20)18(24)22-14-5-3-13(12-21)4-6-14/h3-8,11H,9-10H2,1-2H3,(H,22,24)(H,23,25). The van der Waals surface area contributed by atoms with Gasteiger partial charge in [-0.05, 0) is 49.2 Å². The molecule has 1 fully saturated rings. The highest BCUT2D eigenvalue weighted by Gasteiger charge is 2.56. The lowest BCUT2D eigenvalue weighted by Crippen LogP contribution is -2.35. The molecule has 0 saturated heterocycles. The maximum Gasteiger partial charge on any atom is 0.240 e. The fraction of sp³-hybridized carbons (Fsp3) is 0.250. The van der Waals surface area contributed by atoms with Crippen molar-refractivity contribution < 1.29 is 19.1 Å². The molecule has 27 heavy (non-hydrogen) atoms. The predicted molar refractivity (Wildman–Crippen MR) is 99.6 cm³/mol. The summed E-state index contributed by atoms with van der Waals surface area (Å²) in [6, 6.07) is 13.6. The number of methoxy groups -OCH3 is 2. The average molecular weight is 365 g/mol. The van der Waals surface area contributed by atoms with Crippen LogP contribution in [-0.2, 0) is 9.59 Å². The van der Waals surface area contributed by atoms with Crippen molar-refractivity contribution in [2.45, 2.75) is 12.8 Å². The number of carbonyl (C=O) groups is 2. The summed E-state index contributed by atoms with van der Waals surface area (Å²) in [5, 5.41) is 14.4. The second-order valence-electron chi connectivity index (χ2n) is 6.25. The molecule has 2 aromatic carbocycles. The normalized spacial score (nSPS) is 13.8. The van der Waals surface area contributed by atoms with E-state index in [1.54, 1.807) is 42.5 Å². The van der Waals surface area contributed by atoms with Crippen LogP contribution in [0.25, 0.3) is 0 Å². The van der Waals surface area contributed by atoms with E-state index in [-0.39, 0.29) is 11.8 Å². The number of anilines is 2. The van der Waals surface area contributed by atoms with Crippen molar-refractivity contribution in [3.05, 3.63) is 48.0 Å². The molecule has 2 amide bonds. The molecule has 0 radical (unpaired) electrons. The molecule has 2 aromatic rings. The summed E-state index contributed by atoms with van der Waals surface area (Å²) in [5.74, 6) is 0.289. The molecule has 3 rings (SSSR count). The molecule has 2 N–H and O–H groups in total. The molecular weight excluding hydrogens is 346 g/mol. The van der Waals surface area contributed by atoms with Gasteiger partial charge in [-0.3, -0.25) is 9.59 Å². The number of rotatable bonds is 6. The van der Waals surface area contributed by atoms with Gasteiger partial charge >= 0.3 is 0 Å². The Labute approximate surface area is 156 Å². The number of carbonyl (C=O) groups excluding carboxylic acids is 2. The van der Waals surface area contributed by atoms with E-state index in [0.29, 0.717) is 41.3 Å². The minimum Gasteiger partial charge on any atom is -0.497 e. The summed E-state index contributed by atoms with van der Waals surface area (Å²) in [5.41, 5.74) is 0.371. The van der Waals surface area contributed by atoms with Crippen molar-refractivity contribution in [2.24, 2.45) is 5.41 Å². The zero-order valence-corrected chi connectivity index (χ0v) is 15.0. The minimum atomic E-state index is -1.11. The molecule has 0 spiro atoms. The summed E-state index contributed by atoms with van der Waals surface area (Å²) < 4.78 is 10.4. The van der Waals surface area contributed by atoms with Gasteiger partial charge in [0.1, 0.15) is 16.9 Å². The van der Waals surface area contributed by atoms with Crippen LogP contribution in [0.15, 0.2) is 42.5 Å². The Morgan fingerprint density at radius 2 is 1.67 bits per heavy atom. The van der Waals surface area contributed by atoms with Gasteiger partial charge in [-0.15, -0.1) is 0 Å². The van der Waals surface area contributed by atoms with Gasteiger partial charge < -0.3 is 20.1 Å². The predicted octanol–water partition coefficient (Wildman–Crippen LogP) is 2.93. The van der Waals surface area contributed by atoms with E-state index in [4.69, 9.17) is 14.7 Å². The van der Waals surface area contributed by atoms with E-state index in [9.17, 15) is 9.59 Å². The maximum atomic E-state index is 12.8. The van der Waals surface area contributed by atoms with E-state index < -0.39 is 5.41 Å². The third kappa shape index (κ3) is 3.70. The summed E-state index contributed by atoms with van der Waals surface area (Å²) in [7, 11) is 3.03. The minimum absolute atomic E-state index is 0.369. The highest BCUT2D eigenvalue weighted by Crippen LogP contribution is 2.48. The van der Waals surface area contributed by atoms with Crippen LogP contribution < -0.4 is 20.1 Å². The zero-order valence-electron chi connectivity index (χ0n) is 15.0. The Morgan fingerprint density at radius 1 is 1.00 bits per heavy atom. The number of nitriles is 1. The topological polar surface area (TPSA) is 100 Å². The first-order chi connectivity index (χ1) is 13.0. The Morgan fingerprint density at radius 3 is 2.22 bits per heavy atom. The van der Waals surface area contributed by atoms with Gasteiger partial charge in [0.15, 0.2) is 0 Å². The van der Waals surface area contributed by atoms with Gasteiger partial charge in [0, 0.05) is 11.8 Å². The molecule has 0 bridgehead atoms. The highest BCUT2D eigenvalue weighted by atomic mass is 16.5. The quantitative estimate of drug-likeness (QED) is 0.767. The number of nitrogens with zero attached hydrogens (tertiary/aromatic N) is 1. The molecule has 0 atom stereocenters. The summed E-state index contributed by atoms with van der Waals surface area (Å²) >= 11 is 0. The Hall–Kier alpha value is -3.53. The molecule has 7 heteroatoms. The van der Waals surface area contributed by atoms with E-state index in [1.807, 2.05) is 6.07 Å². The van der Waals surface area contributed by atoms with Gasteiger partial charge in [-0.2, -0.15) is 5.26 Å². The first kappa shape index (κ1) is 18.3. The van der Waals surface area contributed by atoms with Crippen molar-refractivity contribution in [3.63, 3.8) is 0 Å². The molecule has 0 unspecified atom stereocenters. The first-order valence-electron chi connectivity index (χ1n) is 8.37. The van der Waals surface area contributed by atoms with Gasteiger partial charge in [0.05, 0.1) is 31.5 Å². The molecule has 7 nitrogen and oxygen atoms in total. The van der Waals surface area contributed by atoms with Crippen molar-refractivity contribution in [2.75, 3.05) is 24.9 Å². The van der Waals surface area contributed by atoms with E-state index >= 15 is 0 Å². The van der Waals surface area contributed by atoms with Crippen LogP contribution in [0.4, 0.5) is 11.4 Å². The number of hydrogen-bond donors (Lipinski definition) is 2. The number of ether oxygens (including phenoxy) is 2. The Kier molecular flexibility index (Phi) is 4.99. The van der Waals surface area contributed by atoms with Gasteiger partial charge in [0.25, 0.3) is 0 Å². The summed E-state index contributed by atoms with van der Waals surface area (Å²) in [6.07, 6.45) is 0.931. The monoisotopic (exact) mass is 365 g/mol. The van der Waals surface area contributed by atoms with E-state index in [0.717, 1.165) is 0 Å².